The van der Waals surface area contributed by atoms with Crippen molar-refractivity contribution in [3.05, 3.63) is 56.2 Å². The molecule has 0 saturated carbocycles. The Morgan fingerprint density at radius 2 is 1.71 bits per heavy atom. The molecule has 0 bridgehead atoms. The average molecular weight is 480 g/mol. The van der Waals surface area contributed by atoms with Crippen LogP contribution in [-0.4, -0.2) is 41.8 Å². The minimum absolute atomic E-state index is 0.0937. The van der Waals surface area contributed by atoms with Crippen molar-refractivity contribution < 1.29 is 17.7 Å². The number of carbonyl (C=O) groups excluding carboxylic acids is 1. The van der Waals surface area contributed by atoms with Crippen molar-refractivity contribution in [2.75, 3.05) is 13.1 Å². The highest BCUT2D eigenvalue weighted by Gasteiger charge is 2.36. The minimum Gasteiger partial charge on any atom is -0.360 e. The monoisotopic (exact) mass is 479 g/mol. The van der Waals surface area contributed by atoms with E-state index in [4.69, 9.17) is 4.52 Å². The fourth-order valence-electron chi connectivity index (χ4n) is 3.97. The molecular formula is C21H25N3O4S3. The first-order chi connectivity index (χ1) is 14.9. The standard InChI is InChI=1S/C21H25N3O4S3/c1-15-20(16(2)28-22-15)31(26,27)24-9-7-17(8-10-24)21(25)23(13-18-5-3-11-29-18)14-19-6-4-12-30-19/h3-6,11-12,17H,7-10,13-14H2,1-2H3. The number of rotatable bonds is 7. The largest absolute Gasteiger partial charge is 0.360 e. The molecule has 10 heteroatoms. The Hall–Kier alpha value is -2.01. The highest BCUT2D eigenvalue weighted by molar-refractivity contribution is 7.89. The first kappa shape index (κ1) is 22.2. The molecule has 0 unspecified atom stereocenters. The maximum absolute atomic E-state index is 13.4. The quantitative estimate of drug-likeness (QED) is 0.511. The van der Waals surface area contributed by atoms with Gasteiger partial charge in [-0.1, -0.05) is 17.3 Å². The van der Waals surface area contributed by atoms with Crippen LogP contribution in [0.15, 0.2) is 44.4 Å². The Balaban J connectivity index is 1.45. The van der Waals surface area contributed by atoms with Gasteiger partial charge in [0.25, 0.3) is 0 Å². The van der Waals surface area contributed by atoms with Gasteiger partial charge < -0.3 is 9.42 Å². The number of piperidine rings is 1. The zero-order valence-corrected chi connectivity index (χ0v) is 19.9. The van der Waals surface area contributed by atoms with Crippen molar-refractivity contribution in [1.82, 2.24) is 14.4 Å². The molecule has 0 atom stereocenters. The van der Waals surface area contributed by atoms with Gasteiger partial charge in [-0.3, -0.25) is 4.79 Å². The van der Waals surface area contributed by atoms with E-state index in [2.05, 4.69) is 5.16 Å². The molecule has 0 aromatic carbocycles. The predicted octanol–water partition coefficient (Wildman–Crippen LogP) is 4.04. The summed E-state index contributed by atoms with van der Waals surface area (Å²) in [7, 11) is -3.68. The third-order valence-corrected chi connectivity index (χ3v) is 9.40. The zero-order chi connectivity index (χ0) is 22.0. The van der Waals surface area contributed by atoms with Gasteiger partial charge in [0.05, 0.1) is 13.1 Å². The molecule has 0 N–H and O–H groups in total. The minimum atomic E-state index is -3.68. The second kappa shape index (κ2) is 9.23. The molecule has 0 spiro atoms. The van der Waals surface area contributed by atoms with E-state index in [-0.39, 0.29) is 16.7 Å². The van der Waals surface area contributed by atoms with Crippen molar-refractivity contribution in [3.63, 3.8) is 0 Å². The molecule has 3 aromatic rings. The van der Waals surface area contributed by atoms with E-state index < -0.39 is 10.0 Å². The number of aryl methyl sites for hydroxylation is 2. The number of hydrogen-bond acceptors (Lipinski definition) is 7. The lowest BCUT2D eigenvalue weighted by atomic mass is 9.96. The van der Waals surface area contributed by atoms with Crippen LogP contribution in [0.3, 0.4) is 0 Å². The lowest BCUT2D eigenvalue weighted by Crippen LogP contribution is -2.44. The van der Waals surface area contributed by atoms with E-state index in [9.17, 15) is 13.2 Å². The van der Waals surface area contributed by atoms with Gasteiger partial charge in [0.1, 0.15) is 10.6 Å². The molecule has 1 aliphatic rings. The van der Waals surface area contributed by atoms with Crippen LogP contribution in [0.2, 0.25) is 0 Å². The SMILES string of the molecule is Cc1noc(C)c1S(=O)(=O)N1CCC(C(=O)N(Cc2cccs2)Cc2cccs2)CC1. The van der Waals surface area contributed by atoms with Crippen molar-refractivity contribution >= 4 is 38.6 Å². The third-order valence-electron chi connectivity index (χ3n) is 5.53. The topological polar surface area (TPSA) is 83.7 Å². The molecule has 1 amide bonds. The van der Waals surface area contributed by atoms with E-state index in [1.807, 2.05) is 39.9 Å². The second-order valence-corrected chi connectivity index (χ2v) is 11.6. The summed E-state index contributed by atoms with van der Waals surface area (Å²) in [5.74, 6) is 0.209. The Morgan fingerprint density at radius 3 is 2.16 bits per heavy atom. The summed E-state index contributed by atoms with van der Waals surface area (Å²) in [6, 6.07) is 8.06. The first-order valence-corrected chi connectivity index (χ1v) is 13.3. The Morgan fingerprint density at radius 1 is 1.13 bits per heavy atom. The highest BCUT2D eigenvalue weighted by Crippen LogP contribution is 2.29. The van der Waals surface area contributed by atoms with Gasteiger partial charge in [0, 0.05) is 28.8 Å². The molecule has 1 fully saturated rings. The van der Waals surface area contributed by atoms with Crippen LogP contribution in [0.4, 0.5) is 0 Å². The molecular weight excluding hydrogens is 454 g/mol. The Labute approximate surface area is 190 Å². The average Bonchev–Trinajstić information content (AvgIpc) is 3.51. The maximum atomic E-state index is 13.4. The molecule has 3 aromatic heterocycles. The molecule has 1 saturated heterocycles. The van der Waals surface area contributed by atoms with Crippen molar-refractivity contribution in [3.8, 4) is 0 Å². The summed E-state index contributed by atoms with van der Waals surface area (Å²) in [4.78, 5) is 17.7. The third kappa shape index (κ3) is 4.77. The smallest absolute Gasteiger partial charge is 0.248 e. The van der Waals surface area contributed by atoms with Crippen LogP contribution in [-0.2, 0) is 27.9 Å². The van der Waals surface area contributed by atoms with Gasteiger partial charge in [-0.05, 0) is 49.6 Å². The second-order valence-electron chi connectivity index (χ2n) is 7.68. The number of hydrogen-bond donors (Lipinski definition) is 0. The molecule has 166 valence electrons. The maximum Gasteiger partial charge on any atom is 0.248 e. The van der Waals surface area contributed by atoms with Gasteiger partial charge in [-0.25, -0.2) is 8.42 Å². The van der Waals surface area contributed by atoms with E-state index in [1.54, 1.807) is 36.5 Å². The van der Waals surface area contributed by atoms with Crippen LogP contribution in [0, 0.1) is 19.8 Å². The van der Waals surface area contributed by atoms with Crippen LogP contribution in [0.1, 0.15) is 34.1 Å². The van der Waals surface area contributed by atoms with E-state index >= 15 is 0 Å². The molecule has 1 aliphatic heterocycles. The van der Waals surface area contributed by atoms with Crippen LogP contribution >= 0.6 is 22.7 Å². The fourth-order valence-corrected chi connectivity index (χ4v) is 7.17. The lowest BCUT2D eigenvalue weighted by molar-refractivity contribution is -0.138. The van der Waals surface area contributed by atoms with E-state index in [0.29, 0.717) is 50.5 Å². The van der Waals surface area contributed by atoms with E-state index in [0.717, 1.165) is 9.75 Å². The molecule has 31 heavy (non-hydrogen) atoms. The number of amides is 1. The summed E-state index contributed by atoms with van der Waals surface area (Å²) in [5, 5.41) is 7.80. The van der Waals surface area contributed by atoms with Gasteiger partial charge in [-0.15, -0.1) is 22.7 Å². The van der Waals surface area contributed by atoms with Crippen LogP contribution in [0.5, 0.6) is 0 Å². The fraction of sp³-hybridized carbons (Fsp3) is 0.429. The molecule has 0 aliphatic carbocycles. The van der Waals surface area contributed by atoms with E-state index in [1.165, 1.54) is 4.31 Å². The number of thiophene rings is 2. The zero-order valence-electron chi connectivity index (χ0n) is 17.5. The summed E-state index contributed by atoms with van der Waals surface area (Å²) in [5.41, 5.74) is 0.369. The van der Waals surface area contributed by atoms with Gasteiger partial charge in [0.2, 0.25) is 15.9 Å². The van der Waals surface area contributed by atoms with Crippen LogP contribution < -0.4 is 0 Å². The van der Waals surface area contributed by atoms with Crippen molar-refractivity contribution in [1.29, 1.82) is 0 Å². The molecule has 0 radical (unpaired) electrons. The number of aromatic nitrogens is 1. The molecule has 4 heterocycles. The van der Waals surface area contributed by atoms with Crippen molar-refractivity contribution in [2.24, 2.45) is 5.92 Å². The first-order valence-electron chi connectivity index (χ1n) is 10.1. The lowest BCUT2D eigenvalue weighted by Gasteiger charge is -2.33. The highest BCUT2D eigenvalue weighted by atomic mass is 32.2. The van der Waals surface area contributed by atoms with Gasteiger partial charge in [0.15, 0.2) is 5.76 Å². The summed E-state index contributed by atoms with van der Waals surface area (Å²) in [6.45, 7) is 5.02. The number of carbonyl (C=O) groups is 1. The molecule has 4 rings (SSSR count). The van der Waals surface area contributed by atoms with Crippen LogP contribution in [0.25, 0.3) is 0 Å². The number of nitrogens with zero attached hydrogens (tertiary/aromatic N) is 3. The molecule has 7 nitrogen and oxygen atoms in total. The van der Waals surface area contributed by atoms with Crippen molar-refractivity contribution in [2.45, 2.75) is 44.7 Å². The summed E-state index contributed by atoms with van der Waals surface area (Å²) >= 11 is 3.28. The number of sulfonamides is 1. The van der Waals surface area contributed by atoms with Gasteiger partial charge in [-0.2, -0.15) is 4.31 Å². The van der Waals surface area contributed by atoms with Gasteiger partial charge >= 0.3 is 0 Å². The summed E-state index contributed by atoms with van der Waals surface area (Å²) < 4.78 is 32.6. The normalized spacial score (nSPS) is 15.9. The Bertz CT molecular complexity index is 1060. The predicted molar refractivity (Wildman–Crippen MR) is 120 cm³/mol. The Kier molecular flexibility index (Phi) is 6.61. The summed E-state index contributed by atoms with van der Waals surface area (Å²) in [6.07, 6.45) is 1.01.